The summed E-state index contributed by atoms with van der Waals surface area (Å²) in [7, 11) is 0. The molecule has 156 valence electrons. The van der Waals surface area contributed by atoms with Crippen LogP contribution in [-0.4, -0.2) is 92.3 Å². The molecular formula is C17H36N2O7. The van der Waals surface area contributed by atoms with E-state index in [2.05, 4.69) is 10.6 Å². The molecule has 0 radical (unpaired) electrons. The van der Waals surface area contributed by atoms with Crippen molar-refractivity contribution in [3.63, 3.8) is 0 Å². The van der Waals surface area contributed by atoms with Gasteiger partial charge in [-0.2, -0.15) is 0 Å². The van der Waals surface area contributed by atoms with Crippen LogP contribution < -0.4 is 10.6 Å². The molecular weight excluding hydrogens is 344 g/mol. The summed E-state index contributed by atoms with van der Waals surface area (Å²) in [6.45, 7) is 6.50. The number of Topliss-reactive ketones (excluding diaryl/α,β-unsaturated/α-hetero) is 1. The highest BCUT2D eigenvalue weighted by Crippen LogP contribution is 2.09. The average Bonchev–Trinajstić information content (AvgIpc) is 2.59. The van der Waals surface area contributed by atoms with Gasteiger partial charge in [-0.15, -0.1) is 0 Å². The number of rotatable bonds is 14. The van der Waals surface area contributed by atoms with Crippen molar-refractivity contribution in [3.8, 4) is 0 Å². The Kier molecular flexibility index (Phi) is 12.4. The van der Waals surface area contributed by atoms with Crippen LogP contribution in [0.25, 0.3) is 0 Å². The molecule has 26 heavy (non-hydrogen) atoms. The molecule has 1 unspecified atom stereocenters. The van der Waals surface area contributed by atoms with E-state index in [0.717, 1.165) is 0 Å². The summed E-state index contributed by atoms with van der Waals surface area (Å²) in [5, 5.41) is 62.8. The van der Waals surface area contributed by atoms with E-state index in [1.54, 1.807) is 0 Å². The Hall–Kier alpha value is -0.650. The van der Waals surface area contributed by atoms with Crippen molar-refractivity contribution in [3.05, 3.63) is 0 Å². The van der Waals surface area contributed by atoms with E-state index in [4.69, 9.17) is 5.11 Å². The molecule has 9 heteroatoms. The number of ketones is 1. The lowest BCUT2D eigenvalue weighted by Crippen LogP contribution is -2.50. The van der Waals surface area contributed by atoms with E-state index in [1.807, 2.05) is 27.7 Å². The SMILES string of the molecule is CC(C)N[C@@H](CCC(O)NC[C@H](O)[C@@H](O)[C@H](O)[C@H](O)CO)C(=O)C(C)C. The summed E-state index contributed by atoms with van der Waals surface area (Å²) in [5.74, 6) is -0.0739. The first kappa shape index (κ1) is 25.4. The van der Waals surface area contributed by atoms with Gasteiger partial charge in [-0.1, -0.05) is 27.7 Å². The fourth-order valence-electron chi connectivity index (χ4n) is 2.48. The van der Waals surface area contributed by atoms with Crippen LogP contribution in [0.4, 0.5) is 0 Å². The number of hydrogen-bond acceptors (Lipinski definition) is 9. The molecule has 0 aliphatic rings. The van der Waals surface area contributed by atoms with Crippen molar-refractivity contribution in [2.45, 2.75) is 83.3 Å². The van der Waals surface area contributed by atoms with Crippen molar-refractivity contribution in [2.24, 2.45) is 5.92 Å². The van der Waals surface area contributed by atoms with Crippen molar-refractivity contribution < 1.29 is 35.4 Å². The molecule has 0 fully saturated rings. The summed E-state index contributed by atoms with van der Waals surface area (Å²) in [4.78, 5) is 12.2. The number of hydrogen-bond donors (Lipinski definition) is 8. The van der Waals surface area contributed by atoms with Crippen LogP contribution >= 0.6 is 0 Å². The maximum absolute atomic E-state index is 12.2. The molecule has 9 nitrogen and oxygen atoms in total. The maximum Gasteiger partial charge on any atom is 0.152 e. The summed E-state index contributed by atoms with van der Waals surface area (Å²) in [6.07, 6.45) is -6.81. The van der Waals surface area contributed by atoms with Gasteiger partial charge in [0.15, 0.2) is 5.78 Å². The standard InChI is InChI=1S/C17H36N2O7/c1-9(2)15(24)11(19-10(3)4)5-6-14(23)18-7-12(21)16(25)17(26)13(22)8-20/h9-14,16-23,25-26H,5-8H2,1-4H3/t11-,12-,13+,14?,16+,17+/m0/s1. The van der Waals surface area contributed by atoms with Gasteiger partial charge in [-0.3, -0.25) is 10.1 Å². The highest BCUT2D eigenvalue weighted by Gasteiger charge is 2.30. The van der Waals surface area contributed by atoms with E-state index < -0.39 is 37.3 Å². The lowest BCUT2D eigenvalue weighted by molar-refractivity contribution is -0.124. The Bertz CT molecular complexity index is 395. The third kappa shape index (κ3) is 9.33. The Morgan fingerprint density at radius 2 is 1.42 bits per heavy atom. The predicted molar refractivity (Wildman–Crippen MR) is 96.3 cm³/mol. The van der Waals surface area contributed by atoms with Crippen molar-refractivity contribution in [2.75, 3.05) is 13.2 Å². The van der Waals surface area contributed by atoms with Gasteiger partial charge in [-0.25, -0.2) is 0 Å². The number of carbonyl (C=O) groups excluding carboxylic acids is 1. The van der Waals surface area contributed by atoms with Gasteiger partial charge in [0.05, 0.1) is 18.8 Å². The molecule has 0 aromatic rings. The molecule has 0 heterocycles. The topological polar surface area (TPSA) is 163 Å². The highest BCUT2D eigenvalue weighted by molar-refractivity contribution is 5.85. The third-order valence-electron chi connectivity index (χ3n) is 4.06. The molecule has 0 bridgehead atoms. The van der Waals surface area contributed by atoms with E-state index in [9.17, 15) is 30.3 Å². The normalized spacial score (nSPS) is 19.2. The van der Waals surface area contributed by atoms with Gasteiger partial charge in [0.1, 0.15) is 24.5 Å². The second kappa shape index (κ2) is 12.7. The van der Waals surface area contributed by atoms with Gasteiger partial charge >= 0.3 is 0 Å². The van der Waals surface area contributed by atoms with Gasteiger partial charge in [0.25, 0.3) is 0 Å². The molecule has 0 amide bonds. The molecule has 0 saturated carbocycles. The Morgan fingerprint density at radius 3 is 1.88 bits per heavy atom. The van der Waals surface area contributed by atoms with E-state index >= 15 is 0 Å². The quantitative estimate of drug-likeness (QED) is 0.155. The smallest absolute Gasteiger partial charge is 0.152 e. The minimum atomic E-state index is -1.71. The fraction of sp³-hybridized carbons (Fsp3) is 0.941. The molecule has 0 spiro atoms. The monoisotopic (exact) mass is 380 g/mol. The van der Waals surface area contributed by atoms with Crippen molar-refractivity contribution in [1.82, 2.24) is 10.6 Å². The molecule has 0 aromatic heterocycles. The molecule has 0 aromatic carbocycles. The number of aliphatic hydroxyl groups is 6. The summed E-state index contributed by atoms with van der Waals surface area (Å²) >= 11 is 0. The number of nitrogens with one attached hydrogen (secondary N) is 2. The Labute approximate surface area is 155 Å². The predicted octanol–water partition coefficient (Wildman–Crippen LogP) is -2.30. The third-order valence-corrected chi connectivity index (χ3v) is 4.06. The first-order valence-electron chi connectivity index (χ1n) is 9.05. The van der Waals surface area contributed by atoms with E-state index in [0.29, 0.717) is 6.42 Å². The summed E-state index contributed by atoms with van der Waals surface area (Å²) < 4.78 is 0. The lowest BCUT2D eigenvalue weighted by Gasteiger charge is -2.27. The first-order valence-corrected chi connectivity index (χ1v) is 9.05. The molecule has 0 rings (SSSR count). The fourth-order valence-corrected chi connectivity index (χ4v) is 2.48. The van der Waals surface area contributed by atoms with Gasteiger partial charge in [0.2, 0.25) is 0 Å². The van der Waals surface area contributed by atoms with Gasteiger partial charge < -0.3 is 36.0 Å². The Morgan fingerprint density at radius 1 is 0.885 bits per heavy atom. The van der Waals surface area contributed by atoms with Crippen LogP contribution in [0.2, 0.25) is 0 Å². The second-order valence-corrected chi connectivity index (χ2v) is 7.23. The average molecular weight is 380 g/mol. The van der Waals surface area contributed by atoms with Crippen LogP contribution in [0, 0.1) is 5.92 Å². The molecule has 0 saturated heterocycles. The minimum absolute atomic E-state index is 0.0578. The second-order valence-electron chi connectivity index (χ2n) is 7.23. The van der Waals surface area contributed by atoms with E-state index in [1.165, 1.54) is 0 Å². The highest BCUT2D eigenvalue weighted by atomic mass is 16.4. The number of carbonyl (C=O) groups is 1. The van der Waals surface area contributed by atoms with E-state index in [-0.39, 0.29) is 36.8 Å². The zero-order valence-electron chi connectivity index (χ0n) is 16.0. The maximum atomic E-state index is 12.2. The zero-order valence-corrected chi connectivity index (χ0v) is 16.0. The molecule has 0 aliphatic carbocycles. The largest absolute Gasteiger partial charge is 0.394 e. The zero-order chi connectivity index (χ0) is 20.4. The minimum Gasteiger partial charge on any atom is -0.394 e. The number of aliphatic hydroxyl groups excluding tert-OH is 6. The van der Waals surface area contributed by atoms with Crippen molar-refractivity contribution in [1.29, 1.82) is 0 Å². The van der Waals surface area contributed by atoms with Gasteiger partial charge in [0, 0.05) is 18.5 Å². The van der Waals surface area contributed by atoms with Gasteiger partial charge in [-0.05, 0) is 12.8 Å². The van der Waals surface area contributed by atoms with Crippen LogP contribution in [0.15, 0.2) is 0 Å². The van der Waals surface area contributed by atoms with Crippen LogP contribution in [0.1, 0.15) is 40.5 Å². The molecule has 0 aliphatic heterocycles. The summed E-state index contributed by atoms with van der Waals surface area (Å²) in [6, 6.07) is -0.271. The van der Waals surface area contributed by atoms with Crippen LogP contribution in [0.5, 0.6) is 0 Å². The Balaban J connectivity index is 4.42. The van der Waals surface area contributed by atoms with Crippen molar-refractivity contribution >= 4 is 5.78 Å². The van der Waals surface area contributed by atoms with Crippen LogP contribution in [-0.2, 0) is 4.79 Å². The lowest BCUT2D eigenvalue weighted by atomic mass is 9.97. The molecule has 8 N–H and O–H groups in total. The summed E-state index contributed by atoms with van der Waals surface area (Å²) in [5.41, 5.74) is 0. The molecule has 6 atom stereocenters. The van der Waals surface area contributed by atoms with Crippen LogP contribution in [0.3, 0.4) is 0 Å². The first-order chi connectivity index (χ1) is 12.0.